The maximum atomic E-state index is 13.5. The smallest absolute Gasteiger partial charge is 0.230 e. The van der Waals surface area contributed by atoms with Gasteiger partial charge in [0.2, 0.25) is 5.91 Å². The zero-order valence-electron chi connectivity index (χ0n) is 16.6. The summed E-state index contributed by atoms with van der Waals surface area (Å²) in [5, 5.41) is 4.13. The number of hydrogen-bond donors (Lipinski definition) is 1. The Hall–Kier alpha value is -0.750. The second-order valence-corrected chi connectivity index (χ2v) is 10.1. The molecular formula is C22H31ClN2O2S. The molecule has 4 rings (SSSR count). The van der Waals surface area contributed by atoms with Crippen molar-refractivity contribution in [1.29, 1.82) is 0 Å². The number of ether oxygens (including phenoxy) is 1. The summed E-state index contributed by atoms with van der Waals surface area (Å²) in [6.07, 6.45) is 6.09. The minimum atomic E-state index is -0.394. The van der Waals surface area contributed by atoms with Crippen LogP contribution in [0.5, 0.6) is 0 Å². The molecule has 0 unspecified atom stereocenters. The first-order valence-electron chi connectivity index (χ1n) is 10.6. The fourth-order valence-electron chi connectivity index (χ4n) is 5.20. The molecule has 154 valence electrons. The maximum absolute atomic E-state index is 13.5. The average molecular weight is 423 g/mol. The van der Waals surface area contributed by atoms with E-state index in [1.165, 1.54) is 11.5 Å². The second-order valence-electron chi connectivity index (χ2n) is 8.41. The number of amides is 1. The Morgan fingerprint density at radius 1 is 1.07 bits per heavy atom. The Bertz CT molecular complexity index is 664. The molecule has 2 saturated heterocycles. The van der Waals surface area contributed by atoms with Crippen LogP contribution in [0, 0.1) is 0 Å². The number of carbonyl (C=O) groups is 1. The lowest BCUT2D eigenvalue weighted by Crippen LogP contribution is -2.61. The topological polar surface area (TPSA) is 41.6 Å². The van der Waals surface area contributed by atoms with Crippen LogP contribution in [0.25, 0.3) is 0 Å². The molecule has 1 N–H and O–H groups in total. The van der Waals surface area contributed by atoms with E-state index in [4.69, 9.17) is 16.3 Å². The van der Waals surface area contributed by atoms with Gasteiger partial charge in [0.25, 0.3) is 0 Å². The summed E-state index contributed by atoms with van der Waals surface area (Å²) >= 11 is 8.12. The van der Waals surface area contributed by atoms with Crippen LogP contribution in [0.4, 0.5) is 0 Å². The summed E-state index contributed by atoms with van der Waals surface area (Å²) in [6.45, 7) is 4.55. The molecule has 3 fully saturated rings. The summed E-state index contributed by atoms with van der Waals surface area (Å²) in [5.74, 6) is 2.57. The molecule has 6 heteroatoms. The third-order valence-corrected chi connectivity index (χ3v) is 8.17. The van der Waals surface area contributed by atoms with Gasteiger partial charge in [-0.2, -0.15) is 11.8 Å². The number of rotatable bonds is 5. The summed E-state index contributed by atoms with van der Waals surface area (Å²) in [7, 11) is 0. The van der Waals surface area contributed by atoms with Gasteiger partial charge in [-0.15, -0.1) is 0 Å². The van der Waals surface area contributed by atoms with Crippen LogP contribution in [0.1, 0.15) is 44.1 Å². The molecule has 0 bridgehead atoms. The van der Waals surface area contributed by atoms with Gasteiger partial charge in [0, 0.05) is 54.9 Å². The van der Waals surface area contributed by atoms with Crippen LogP contribution in [0.3, 0.4) is 0 Å². The van der Waals surface area contributed by atoms with Crippen LogP contribution in [-0.2, 0) is 14.9 Å². The molecule has 1 saturated carbocycles. The minimum absolute atomic E-state index is 0.0503. The Kier molecular flexibility index (Phi) is 6.56. The Morgan fingerprint density at radius 3 is 2.36 bits per heavy atom. The number of nitrogens with one attached hydrogen (secondary N) is 1. The first-order chi connectivity index (χ1) is 13.6. The SMILES string of the molecule is O=C(NCC1(N2CCSCC2)CCOCC1)C1(c2ccc(Cl)cc2)CCCC1. The molecule has 1 aliphatic carbocycles. The number of carbonyl (C=O) groups excluding carboxylic acids is 1. The zero-order chi connectivity index (χ0) is 19.5. The van der Waals surface area contributed by atoms with E-state index >= 15 is 0 Å². The fourth-order valence-corrected chi connectivity index (χ4v) is 6.23. The van der Waals surface area contributed by atoms with Gasteiger partial charge in [0.15, 0.2) is 0 Å². The lowest BCUT2D eigenvalue weighted by Gasteiger charge is -2.48. The van der Waals surface area contributed by atoms with E-state index < -0.39 is 5.41 Å². The van der Waals surface area contributed by atoms with Crippen LogP contribution in [0.2, 0.25) is 5.02 Å². The number of nitrogens with zero attached hydrogens (tertiary/aromatic N) is 1. The standard InChI is InChI=1S/C22H31ClN2O2S/c23-19-5-3-18(4-6-19)22(7-1-2-8-22)20(26)24-17-21(9-13-27-14-10-21)25-11-15-28-16-12-25/h3-6H,1-2,7-17H2,(H,24,26). The van der Waals surface area contributed by atoms with Gasteiger partial charge < -0.3 is 10.1 Å². The highest BCUT2D eigenvalue weighted by atomic mass is 35.5. The Balaban J connectivity index is 1.51. The van der Waals surface area contributed by atoms with Crippen molar-refractivity contribution >= 4 is 29.3 Å². The van der Waals surface area contributed by atoms with Crippen molar-refractivity contribution in [2.24, 2.45) is 0 Å². The van der Waals surface area contributed by atoms with Crippen molar-refractivity contribution in [3.63, 3.8) is 0 Å². The predicted molar refractivity (Wildman–Crippen MR) is 116 cm³/mol. The molecule has 0 atom stereocenters. The molecule has 2 aliphatic heterocycles. The van der Waals surface area contributed by atoms with Gasteiger partial charge in [-0.05, 0) is 43.4 Å². The van der Waals surface area contributed by atoms with Gasteiger partial charge >= 0.3 is 0 Å². The lowest BCUT2D eigenvalue weighted by atomic mass is 9.77. The molecular weight excluding hydrogens is 392 g/mol. The predicted octanol–water partition coefficient (Wildman–Crippen LogP) is 3.87. The third-order valence-electron chi connectivity index (χ3n) is 6.97. The molecule has 0 aromatic heterocycles. The molecule has 0 spiro atoms. The van der Waals surface area contributed by atoms with E-state index in [1.807, 2.05) is 36.0 Å². The molecule has 1 aromatic carbocycles. The van der Waals surface area contributed by atoms with Gasteiger partial charge in [-0.25, -0.2) is 0 Å². The molecule has 0 radical (unpaired) electrons. The number of thioether (sulfide) groups is 1. The van der Waals surface area contributed by atoms with E-state index in [9.17, 15) is 4.79 Å². The Morgan fingerprint density at radius 2 is 1.71 bits per heavy atom. The van der Waals surface area contributed by atoms with E-state index in [2.05, 4.69) is 10.2 Å². The van der Waals surface area contributed by atoms with Crippen LogP contribution < -0.4 is 5.32 Å². The quantitative estimate of drug-likeness (QED) is 0.782. The van der Waals surface area contributed by atoms with Crippen molar-refractivity contribution < 1.29 is 9.53 Å². The van der Waals surface area contributed by atoms with Crippen molar-refractivity contribution in [1.82, 2.24) is 10.2 Å². The molecule has 1 amide bonds. The number of halogens is 1. The van der Waals surface area contributed by atoms with Crippen molar-refractivity contribution in [2.75, 3.05) is 44.4 Å². The zero-order valence-corrected chi connectivity index (χ0v) is 18.1. The molecule has 1 aromatic rings. The minimum Gasteiger partial charge on any atom is -0.381 e. The molecule has 2 heterocycles. The molecule has 28 heavy (non-hydrogen) atoms. The highest BCUT2D eigenvalue weighted by molar-refractivity contribution is 7.99. The average Bonchev–Trinajstić information content (AvgIpc) is 3.25. The lowest BCUT2D eigenvalue weighted by molar-refractivity contribution is -0.128. The van der Waals surface area contributed by atoms with E-state index in [-0.39, 0.29) is 11.4 Å². The van der Waals surface area contributed by atoms with E-state index in [1.54, 1.807) is 0 Å². The van der Waals surface area contributed by atoms with Crippen LogP contribution in [0.15, 0.2) is 24.3 Å². The van der Waals surface area contributed by atoms with Gasteiger partial charge in [0.1, 0.15) is 0 Å². The van der Waals surface area contributed by atoms with E-state index in [0.717, 1.165) is 82.0 Å². The van der Waals surface area contributed by atoms with Crippen molar-refractivity contribution in [3.8, 4) is 0 Å². The highest BCUT2D eigenvalue weighted by Gasteiger charge is 2.45. The second kappa shape index (κ2) is 8.95. The highest BCUT2D eigenvalue weighted by Crippen LogP contribution is 2.42. The molecule has 3 aliphatic rings. The number of benzene rings is 1. The van der Waals surface area contributed by atoms with Gasteiger partial charge in [0.05, 0.1) is 5.41 Å². The monoisotopic (exact) mass is 422 g/mol. The summed E-state index contributed by atoms with van der Waals surface area (Å²) in [6, 6.07) is 7.91. The van der Waals surface area contributed by atoms with E-state index in [0.29, 0.717) is 0 Å². The van der Waals surface area contributed by atoms with Gasteiger partial charge in [-0.3, -0.25) is 9.69 Å². The maximum Gasteiger partial charge on any atom is 0.230 e. The third kappa shape index (κ3) is 4.09. The van der Waals surface area contributed by atoms with Crippen LogP contribution >= 0.6 is 23.4 Å². The van der Waals surface area contributed by atoms with Crippen molar-refractivity contribution in [3.05, 3.63) is 34.9 Å². The van der Waals surface area contributed by atoms with Gasteiger partial charge in [-0.1, -0.05) is 36.6 Å². The fraction of sp³-hybridized carbons (Fsp3) is 0.682. The first kappa shape index (κ1) is 20.5. The largest absolute Gasteiger partial charge is 0.381 e. The first-order valence-corrected chi connectivity index (χ1v) is 12.1. The summed E-state index contributed by atoms with van der Waals surface area (Å²) in [4.78, 5) is 16.1. The van der Waals surface area contributed by atoms with Crippen molar-refractivity contribution in [2.45, 2.75) is 49.5 Å². The normalized spacial score (nSPS) is 24.8. The number of hydrogen-bond acceptors (Lipinski definition) is 4. The van der Waals surface area contributed by atoms with Crippen LogP contribution in [-0.4, -0.2) is 60.7 Å². The molecule has 4 nitrogen and oxygen atoms in total. The summed E-state index contributed by atoms with van der Waals surface area (Å²) in [5.41, 5.74) is 0.769. The Labute approximate surface area is 177 Å². The summed E-state index contributed by atoms with van der Waals surface area (Å²) < 4.78 is 5.67.